The summed E-state index contributed by atoms with van der Waals surface area (Å²) in [7, 11) is 0. The SMILES string of the molecule is C1CCC2(CC1)CN=NN2. The maximum absolute atomic E-state index is 3.97. The zero-order valence-electron chi connectivity index (χ0n) is 6.14. The van der Waals surface area contributed by atoms with Crippen LogP contribution in [-0.4, -0.2) is 12.1 Å². The molecule has 0 radical (unpaired) electrons. The van der Waals surface area contributed by atoms with E-state index in [0.717, 1.165) is 6.54 Å². The van der Waals surface area contributed by atoms with Crippen molar-refractivity contribution < 1.29 is 0 Å². The largest absolute Gasteiger partial charge is 0.284 e. The van der Waals surface area contributed by atoms with E-state index in [2.05, 4.69) is 15.8 Å². The first-order chi connectivity index (χ1) is 4.91. The first-order valence-electron chi connectivity index (χ1n) is 4.05. The summed E-state index contributed by atoms with van der Waals surface area (Å²) in [5.74, 6) is 0. The Morgan fingerprint density at radius 2 is 1.90 bits per heavy atom. The van der Waals surface area contributed by atoms with Gasteiger partial charge >= 0.3 is 0 Å². The molecule has 0 atom stereocenters. The lowest BCUT2D eigenvalue weighted by Crippen LogP contribution is -2.43. The molecule has 2 aliphatic rings. The number of nitrogens with zero attached hydrogens (tertiary/aromatic N) is 2. The first kappa shape index (κ1) is 6.13. The highest BCUT2D eigenvalue weighted by Gasteiger charge is 2.34. The van der Waals surface area contributed by atoms with E-state index in [9.17, 15) is 0 Å². The zero-order valence-corrected chi connectivity index (χ0v) is 6.14. The Morgan fingerprint density at radius 1 is 1.10 bits per heavy atom. The molecule has 56 valence electrons. The molecule has 1 N–H and O–H groups in total. The van der Waals surface area contributed by atoms with Crippen molar-refractivity contribution in [2.24, 2.45) is 10.3 Å². The summed E-state index contributed by atoms with van der Waals surface area (Å²) >= 11 is 0. The third-order valence-corrected chi connectivity index (χ3v) is 2.54. The molecule has 0 saturated heterocycles. The van der Waals surface area contributed by atoms with Crippen molar-refractivity contribution in [1.82, 2.24) is 5.43 Å². The summed E-state index contributed by atoms with van der Waals surface area (Å²) in [5, 5.41) is 7.81. The Hall–Kier alpha value is -0.600. The van der Waals surface area contributed by atoms with E-state index in [4.69, 9.17) is 0 Å². The number of rotatable bonds is 0. The second kappa shape index (κ2) is 2.22. The maximum atomic E-state index is 3.97. The van der Waals surface area contributed by atoms with Crippen LogP contribution in [0.5, 0.6) is 0 Å². The van der Waals surface area contributed by atoms with Crippen molar-refractivity contribution in [3.63, 3.8) is 0 Å². The molecule has 1 heterocycles. The highest BCUT2D eigenvalue weighted by molar-refractivity contribution is 4.93. The Morgan fingerprint density at radius 3 is 2.50 bits per heavy atom. The monoisotopic (exact) mass is 139 g/mol. The van der Waals surface area contributed by atoms with E-state index in [0.29, 0.717) is 0 Å². The molecule has 1 aliphatic heterocycles. The third kappa shape index (κ3) is 0.895. The first-order valence-corrected chi connectivity index (χ1v) is 4.05. The van der Waals surface area contributed by atoms with Gasteiger partial charge in [0.05, 0.1) is 12.1 Å². The van der Waals surface area contributed by atoms with Crippen molar-refractivity contribution in [3.8, 4) is 0 Å². The predicted octanol–water partition coefficient (Wildman–Crippen LogP) is 1.66. The van der Waals surface area contributed by atoms with Crippen LogP contribution in [0, 0.1) is 0 Å². The fourth-order valence-corrected chi connectivity index (χ4v) is 1.85. The summed E-state index contributed by atoms with van der Waals surface area (Å²) in [6.45, 7) is 0.910. The minimum absolute atomic E-state index is 0.290. The highest BCUT2D eigenvalue weighted by Crippen LogP contribution is 2.30. The molecule has 3 heteroatoms. The average molecular weight is 139 g/mol. The number of nitrogens with one attached hydrogen (secondary N) is 1. The molecule has 1 fully saturated rings. The van der Waals surface area contributed by atoms with Crippen molar-refractivity contribution >= 4 is 0 Å². The Labute approximate surface area is 60.9 Å². The topological polar surface area (TPSA) is 36.8 Å². The molecule has 0 aromatic carbocycles. The minimum Gasteiger partial charge on any atom is -0.284 e. The molecule has 0 amide bonds. The molecule has 0 aromatic heterocycles. The van der Waals surface area contributed by atoms with Gasteiger partial charge < -0.3 is 0 Å². The van der Waals surface area contributed by atoms with E-state index in [-0.39, 0.29) is 5.54 Å². The smallest absolute Gasteiger partial charge is 0.0866 e. The Balaban J connectivity index is 2.00. The van der Waals surface area contributed by atoms with Gasteiger partial charge in [-0.05, 0) is 12.8 Å². The van der Waals surface area contributed by atoms with Crippen molar-refractivity contribution in [3.05, 3.63) is 0 Å². The van der Waals surface area contributed by atoms with E-state index < -0.39 is 0 Å². The van der Waals surface area contributed by atoms with Gasteiger partial charge in [-0.3, -0.25) is 5.43 Å². The standard InChI is InChI=1S/C7H13N3/c1-2-4-7(5-3-1)6-8-10-9-7/h1-6H2,(H,8,9). The van der Waals surface area contributed by atoms with Crippen LogP contribution in [-0.2, 0) is 0 Å². The van der Waals surface area contributed by atoms with Crippen molar-refractivity contribution in [1.29, 1.82) is 0 Å². The molecule has 1 aliphatic carbocycles. The van der Waals surface area contributed by atoms with E-state index >= 15 is 0 Å². The van der Waals surface area contributed by atoms with Gasteiger partial charge in [0.1, 0.15) is 0 Å². The van der Waals surface area contributed by atoms with E-state index in [1.54, 1.807) is 0 Å². The van der Waals surface area contributed by atoms with Crippen LogP contribution in [0.2, 0.25) is 0 Å². The summed E-state index contributed by atoms with van der Waals surface area (Å²) in [5.41, 5.74) is 3.42. The van der Waals surface area contributed by atoms with Gasteiger partial charge in [-0.25, -0.2) is 0 Å². The Kier molecular flexibility index (Phi) is 1.36. The molecule has 1 spiro atoms. The molecule has 0 bridgehead atoms. The van der Waals surface area contributed by atoms with E-state index in [1.165, 1.54) is 32.1 Å². The van der Waals surface area contributed by atoms with Gasteiger partial charge in [0, 0.05) is 0 Å². The second-order valence-electron chi connectivity index (χ2n) is 3.35. The molecule has 1 saturated carbocycles. The summed E-state index contributed by atoms with van der Waals surface area (Å²) in [6, 6.07) is 0. The van der Waals surface area contributed by atoms with Crippen molar-refractivity contribution in [2.75, 3.05) is 6.54 Å². The quantitative estimate of drug-likeness (QED) is 0.544. The second-order valence-corrected chi connectivity index (χ2v) is 3.35. The lowest BCUT2D eigenvalue weighted by atomic mass is 9.83. The van der Waals surface area contributed by atoms with Gasteiger partial charge in [0.25, 0.3) is 0 Å². The lowest BCUT2D eigenvalue weighted by molar-refractivity contribution is 0.270. The predicted molar refractivity (Wildman–Crippen MR) is 38.7 cm³/mol. The summed E-state index contributed by atoms with van der Waals surface area (Å²) < 4.78 is 0. The summed E-state index contributed by atoms with van der Waals surface area (Å²) in [6.07, 6.45) is 6.61. The normalized spacial score (nSPS) is 28.8. The molecule has 0 unspecified atom stereocenters. The zero-order chi connectivity index (χ0) is 6.86. The van der Waals surface area contributed by atoms with Crippen LogP contribution < -0.4 is 5.43 Å². The van der Waals surface area contributed by atoms with Crippen LogP contribution in [0.1, 0.15) is 32.1 Å². The molecule has 2 rings (SSSR count). The molecule has 0 aromatic rings. The van der Waals surface area contributed by atoms with Crippen LogP contribution in [0.3, 0.4) is 0 Å². The molecule has 3 nitrogen and oxygen atoms in total. The number of hydrogen-bond donors (Lipinski definition) is 1. The fourth-order valence-electron chi connectivity index (χ4n) is 1.85. The van der Waals surface area contributed by atoms with Crippen LogP contribution in [0.4, 0.5) is 0 Å². The Bertz CT molecular complexity index is 137. The van der Waals surface area contributed by atoms with E-state index in [1.807, 2.05) is 0 Å². The van der Waals surface area contributed by atoms with Gasteiger partial charge in [-0.2, -0.15) is 5.11 Å². The third-order valence-electron chi connectivity index (χ3n) is 2.54. The fraction of sp³-hybridized carbons (Fsp3) is 1.00. The van der Waals surface area contributed by atoms with Gasteiger partial charge in [-0.15, -0.1) is 0 Å². The molecular formula is C7H13N3. The van der Waals surface area contributed by atoms with Crippen molar-refractivity contribution in [2.45, 2.75) is 37.6 Å². The average Bonchev–Trinajstić information content (AvgIpc) is 2.39. The highest BCUT2D eigenvalue weighted by atomic mass is 15.5. The van der Waals surface area contributed by atoms with Crippen LogP contribution in [0.15, 0.2) is 10.3 Å². The van der Waals surface area contributed by atoms with Gasteiger partial charge in [-0.1, -0.05) is 24.5 Å². The summed E-state index contributed by atoms with van der Waals surface area (Å²) in [4.78, 5) is 0. The molecular weight excluding hydrogens is 126 g/mol. The number of hydrogen-bond acceptors (Lipinski definition) is 3. The maximum Gasteiger partial charge on any atom is 0.0866 e. The molecule has 10 heavy (non-hydrogen) atoms. The minimum atomic E-state index is 0.290. The lowest BCUT2D eigenvalue weighted by Gasteiger charge is -2.30. The van der Waals surface area contributed by atoms with Gasteiger partial charge in [0.2, 0.25) is 0 Å². The van der Waals surface area contributed by atoms with Gasteiger partial charge in [0.15, 0.2) is 0 Å². The van der Waals surface area contributed by atoms with Crippen LogP contribution >= 0.6 is 0 Å². The van der Waals surface area contributed by atoms with Crippen LogP contribution in [0.25, 0.3) is 0 Å².